The Hall–Kier alpha value is -5.07. The number of nitrogens with zero attached hydrogens (tertiary/aromatic N) is 6. The Balaban J connectivity index is 1.38. The number of nitrogens with one attached hydrogen (secondary N) is 2. The Morgan fingerprint density at radius 3 is 2.77 bits per heavy atom. The molecule has 0 saturated heterocycles. The number of hydrogen-bond donors (Lipinski definition) is 2. The molecule has 0 spiro atoms. The maximum atomic E-state index is 13.1. The number of amides is 1. The fraction of sp³-hybridized carbons (Fsp3) is 0.154. The van der Waals surface area contributed by atoms with E-state index < -0.39 is 17.6 Å². The fourth-order valence-corrected chi connectivity index (χ4v) is 4.40. The van der Waals surface area contributed by atoms with Gasteiger partial charge in [-0.2, -0.15) is 23.1 Å². The molecule has 3 aromatic rings. The Kier molecular flexibility index (Phi) is 5.82. The third-order valence-electron chi connectivity index (χ3n) is 6.23. The van der Waals surface area contributed by atoms with Crippen LogP contribution in [0.2, 0.25) is 0 Å². The van der Waals surface area contributed by atoms with Crippen LogP contribution in [-0.2, 0) is 12.7 Å². The van der Waals surface area contributed by atoms with Crippen molar-refractivity contribution in [1.82, 2.24) is 24.7 Å². The lowest BCUT2D eigenvalue weighted by Crippen LogP contribution is -2.17. The first-order valence-corrected chi connectivity index (χ1v) is 11.8. The molecule has 3 aliphatic rings. The Labute approximate surface area is 218 Å². The number of aryl methyl sites for hydroxylation is 1. The van der Waals surface area contributed by atoms with Crippen LogP contribution in [-0.4, -0.2) is 37.1 Å². The van der Waals surface area contributed by atoms with E-state index in [9.17, 15) is 18.0 Å². The third kappa shape index (κ3) is 4.69. The van der Waals surface area contributed by atoms with Crippen LogP contribution in [0.5, 0.6) is 0 Å². The van der Waals surface area contributed by atoms with Gasteiger partial charge in [0, 0.05) is 48.4 Å². The summed E-state index contributed by atoms with van der Waals surface area (Å²) < 4.78 is 46.3. The lowest BCUT2D eigenvalue weighted by Gasteiger charge is -2.19. The summed E-state index contributed by atoms with van der Waals surface area (Å²) in [4.78, 5) is 29.7. The average Bonchev–Trinajstić information content (AvgIpc) is 3.62. The first-order chi connectivity index (χ1) is 18.8. The number of aromatic nitrogens is 5. The summed E-state index contributed by atoms with van der Waals surface area (Å²) in [6, 6.07) is 10.4. The first kappa shape index (κ1) is 24.3. The van der Waals surface area contributed by atoms with Crippen LogP contribution in [0.15, 0.2) is 70.6 Å². The van der Waals surface area contributed by atoms with Crippen LogP contribution in [0, 0.1) is 6.92 Å². The Bertz CT molecular complexity index is 1750. The highest BCUT2D eigenvalue weighted by Gasteiger charge is 2.31. The smallest absolute Gasteiger partial charge is 0.369 e. The molecule has 1 amide bonds. The van der Waals surface area contributed by atoms with Crippen molar-refractivity contribution in [2.24, 2.45) is 4.99 Å². The number of anilines is 2. The topological polar surface area (TPSA) is 123 Å². The van der Waals surface area contributed by atoms with E-state index >= 15 is 0 Å². The van der Waals surface area contributed by atoms with Crippen LogP contribution < -0.4 is 16.3 Å². The van der Waals surface area contributed by atoms with Gasteiger partial charge >= 0.3 is 6.18 Å². The van der Waals surface area contributed by atoms with Crippen LogP contribution >= 0.6 is 0 Å². The van der Waals surface area contributed by atoms with Gasteiger partial charge in [0.25, 0.3) is 17.4 Å². The van der Waals surface area contributed by atoms with Crippen LogP contribution in [0.4, 0.5) is 30.6 Å². The van der Waals surface area contributed by atoms with Gasteiger partial charge in [0.1, 0.15) is 17.3 Å². The third-order valence-corrected chi connectivity index (χ3v) is 6.23. The second kappa shape index (κ2) is 9.35. The van der Waals surface area contributed by atoms with E-state index in [2.05, 4.69) is 35.7 Å². The second-order valence-corrected chi connectivity index (χ2v) is 8.81. The highest BCUT2D eigenvalue weighted by atomic mass is 19.4. The van der Waals surface area contributed by atoms with Crippen LogP contribution in [0.1, 0.15) is 21.6 Å². The van der Waals surface area contributed by atoms with Gasteiger partial charge in [-0.25, -0.2) is 4.98 Å². The zero-order chi connectivity index (χ0) is 27.1. The van der Waals surface area contributed by atoms with Gasteiger partial charge in [0.15, 0.2) is 0 Å². The zero-order valence-corrected chi connectivity index (χ0v) is 20.3. The molecule has 5 heterocycles. The summed E-state index contributed by atoms with van der Waals surface area (Å²) in [5.41, 5.74) is 2.75. The summed E-state index contributed by atoms with van der Waals surface area (Å²) >= 11 is 0. The van der Waals surface area contributed by atoms with Crippen molar-refractivity contribution in [2.45, 2.75) is 19.6 Å². The molecule has 0 fully saturated rings. The molecule has 10 nitrogen and oxygen atoms in total. The van der Waals surface area contributed by atoms with Gasteiger partial charge in [-0.05, 0) is 48.4 Å². The molecule has 0 aliphatic carbocycles. The summed E-state index contributed by atoms with van der Waals surface area (Å²) in [5.74, 6) is 1.06. The van der Waals surface area contributed by atoms with Crippen molar-refractivity contribution in [1.29, 1.82) is 0 Å². The van der Waals surface area contributed by atoms with E-state index in [4.69, 9.17) is 4.52 Å². The monoisotopic (exact) mass is 532 g/mol. The number of pyridine rings is 2. The normalized spacial score (nSPS) is 13.4. The van der Waals surface area contributed by atoms with E-state index in [1.54, 1.807) is 24.4 Å². The van der Waals surface area contributed by atoms with Gasteiger partial charge in [-0.3, -0.25) is 9.78 Å². The number of halogens is 3. The first-order valence-electron chi connectivity index (χ1n) is 11.8. The quantitative estimate of drug-likeness (QED) is 0.345. The fourth-order valence-electron chi connectivity index (χ4n) is 4.40. The number of carbonyl (C=O) groups is 1. The number of hydrogen-bond acceptors (Lipinski definition) is 8. The molecule has 2 aromatic heterocycles. The molecule has 0 bridgehead atoms. The molecule has 13 heteroatoms. The molecule has 3 aliphatic heterocycles. The minimum absolute atomic E-state index is 0.234. The minimum Gasteiger partial charge on any atom is -0.369 e. The predicted octanol–water partition coefficient (Wildman–Crippen LogP) is 4.67. The molecular formula is C26H19F3N8O2. The van der Waals surface area contributed by atoms with E-state index in [0.717, 1.165) is 46.4 Å². The molecule has 2 N–H and O–H groups in total. The molecule has 1 aromatic carbocycles. The molecule has 196 valence electrons. The highest BCUT2D eigenvalue weighted by Crippen LogP contribution is 2.39. The number of alkyl halides is 3. The van der Waals surface area contributed by atoms with Gasteiger partial charge in [0.2, 0.25) is 0 Å². The van der Waals surface area contributed by atoms with Crippen molar-refractivity contribution < 1.29 is 22.5 Å². The lowest BCUT2D eigenvalue weighted by atomic mass is 9.98. The van der Waals surface area contributed by atoms with Crippen LogP contribution in [0.3, 0.4) is 0 Å². The van der Waals surface area contributed by atoms with E-state index in [1.165, 1.54) is 6.20 Å². The Morgan fingerprint density at radius 1 is 1.10 bits per heavy atom. The number of carbonyl (C=O) groups excluding carboxylic acids is 1. The molecule has 0 unspecified atom stereocenters. The van der Waals surface area contributed by atoms with Crippen LogP contribution in [0.25, 0.3) is 22.5 Å². The van der Waals surface area contributed by atoms with Gasteiger partial charge in [-0.15, -0.1) is 0 Å². The number of benzene rings is 1. The van der Waals surface area contributed by atoms with Crippen molar-refractivity contribution in [3.63, 3.8) is 0 Å². The average molecular weight is 532 g/mol. The molecule has 6 rings (SSSR count). The summed E-state index contributed by atoms with van der Waals surface area (Å²) in [6.45, 7) is 3.28. The lowest BCUT2D eigenvalue weighted by molar-refractivity contribution is -0.137. The SMILES string of the molecule is Cc1ccc(NC(=O)c2cc(C(F)(F)F)ccn2)cc1-c1cc2cnc(=Nc3ccno3)nc-2n2c1NCC2. The summed E-state index contributed by atoms with van der Waals surface area (Å²) in [7, 11) is 0. The van der Waals surface area contributed by atoms with Crippen molar-refractivity contribution in [3.05, 3.63) is 83.5 Å². The molecule has 0 atom stereocenters. The second-order valence-electron chi connectivity index (χ2n) is 8.81. The zero-order valence-electron chi connectivity index (χ0n) is 20.3. The minimum atomic E-state index is -4.58. The maximum Gasteiger partial charge on any atom is 0.416 e. The van der Waals surface area contributed by atoms with Gasteiger partial charge in [0.05, 0.1) is 11.8 Å². The largest absolute Gasteiger partial charge is 0.416 e. The maximum absolute atomic E-state index is 13.1. The van der Waals surface area contributed by atoms with E-state index in [1.807, 2.05) is 23.6 Å². The van der Waals surface area contributed by atoms with Crippen molar-refractivity contribution in [3.8, 4) is 22.5 Å². The van der Waals surface area contributed by atoms with Crippen molar-refractivity contribution >= 4 is 23.3 Å². The van der Waals surface area contributed by atoms with Gasteiger partial charge < -0.3 is 19.7 Å². The van der Waals surface area contributed by atoms with Gasteiger partial charge in [-0.1, -0.05) is 11.2 Å². The number of rotatable bonds is 4. The van der Waals surface area contributed by atoms with E-state index in [0.29, 0.717) is 30.5 Å². The molecule has 0 saturated carbocycles. The molecular weight excluding hydrogens is 513 g/mol. The number of fused-ring (bicyclic) bond motifs is 3. The Morgan fingerprint density at radius 2 is 1.97 bits per heavy atom. The van der Waals surface area contributed by atoms with E-state index in [-0.39, 0.29) is 11.3 Å². The summed E-state index contributed by atoms with van der Waals surface area (Å²) in [5, 5.41) is 9.69. The highest BCUT2D eigenvalue weighted by molar-refractivity contribution is 6.03. The molecule has 0 radical (unpaired) electrons. The van der Waals surface area contributed by atoms with Crippen molar-refractivity contribution in [2.75, 3.05) is 17.2 Å². The summed E-state index contributed by atoms with van der Waals surface area (Å²) in [6.07, 6.45) is -0.457. The molecule has 39 heavy (non-hydrogen) atoms. The predicted molar refractivity (Wildman–Crippen MR) is 134 cm³/mol. The standard InChI is InChI=1S/C26H19F3N8O2/c1-14-2-3-17(34-24(38)20-11-16(4-6-30-20)26(27,28)29)12-18(14)19-10-15-13-32-25(35-21-5-7-33-39-21)36-22(15)37-9-8-31-23(19)37/h2-7,10-13,31H,8-9H2,1H3,(H,34,38).